The summed E-state index contributed by atoms with van der Waals surface area (Å²) in [6.45, 7) is 14.9. The molecule has 0 radical (unpaired) electrons. The largest absolute Gasteiger partial charge is 0.507 e. The maximum absolute atomic E-state index is 10.4. The van der Waals surface area contributed by atoms with E-state index in [1.807, 2.05) is 12.2 Å². The van der Waals surface area contributed by atoms with Gasteiger partial charge in [-0.05, 0) is 28.9 Å². The summed E-state index contributed by atoms with van der Waals surface area (Å²) in [4.78, 5) is 0. The zero-order valence-corrected chi connectivity index (χ0v) is 16.6. The summed E-state index contributed by atoms with van der Waals surface area (Å²) in [5, 5.41) is 10.4. The van der Waals surface area contributed by atoms with Crippen molar-refractivity contribution in [3.8, 4) is 5.75 Å². The molecule has 1 aliphatic carbocycles. The van der Waals surface area contributed by atoms with Crippen LogP contribution in [0.2, 0.25) is 0 Å². The molecule has 1 aromatic rings. The Balaban J connectivity index is 0.000000622. The van der Waals surface area contributed by atoms with E-state index in [-0.39, 0.29) is 32.5 Å². The number of aryl methyl sites for hydroxylation is 1. The molecule has 0 spiro atoms. The van der Waals surface area contributed by atoms with E-state index in [1.54, 1.807) is 0 Å². The van der Waals surface area contributed by atoms with Crippen molar-refractivity contribution in [1.29, 1.82) is 0 Å². The van der Waals surface area contributed by atoms with Crippen LogP contribution in [0.15, 0.2) is 30.4 Å². The minimum atomic E-state index is -0.0178. The third-order valence-electron chi connectivity index (χ3n) is 3.46. The molecule has 0 amide bonds. The van der Waals surface area contributed by atoms with Crippen LogP contribution in [0.5, 0.6) is 5.75 Å². The van der Waals surface area contributed by atoms with Gasteiger partial charge in [-0.3, -0.25) is 6.08 Å². The molecule has 2 heteroatoms. The Labute approximate surface area is 151 Å². The molecule has 0 heterocycles. The molecule has 2 rings (SSSR count). The number of rotatable bonds is 0. The number of benzene rings is 1. The number of phenolic OH excluding ortho intramolecular Hbond substituents is 1. The number of allylic oxidation sites excluding steroid dienone is 4. The fraction of sp³-hybridized carbons (Fsp3) is 0.500. The van der Waals surface area contributed by atoms with Crippen molar-refractivity contribution in [3.63, 3.8) is 0 Å². The average molecular weight is 333 g/mol. The Hall–Kier alpha value is -0.786. The molecule has 1 aromatic carbocycles. The molecule has 1 aliphatic rings. The van der Waals surface area contributed by atoms with Gasteiger partial charge < -0.3 is 5.11 Å². The number of aromatic hydroxyl groups is 1. The summed E-state index contributed by atoms with van der Waals surface area (Å²) in [7, 11) is 0. The average Bonchev–Trinajstić information content (AvgIpc) is 2.87. The Morgan fingerprint density at radius 1 is 0.955 bits per heavy atom. The van der Waals surface area contributed by atoms with E-state index in [1.165, 1.54) is 5.56 Å². The topological polar surface area (TPSA) is 20.2 Å². The zero-order chi connectivity index (χ0) is 16.3. The zero-order valence-electron chi connectivity index (χ0n) is 15.0. The summed E-state index contributed by atoms with van der Waals surface area (Å²) in [5.74, 6) is 0.464. The van der Waals surface area contributed by atoms with Crippen LogP contribution in [0.3, 0.4) is 0 Å². The standard InChI is InChI=1S/C15H24O.C5H5.Ti/c1-10-8-11(14(2,3)4)13(16)12(9-10)15(5,6)7;1-2-4-5-3-1;/h8-9,16H,1-7H3;1-3H,4H2;/q;-1;. The van der Waals surface area contributed by atoms with E-state index >= 15 is 0 Å². The molecule has 0 saturated heterocycles. The smallest absolute Gasteiger partial charge is 0.123 e. The maximum Gasteiger partial charge on any atom is 0.123 e. The van der Waals surface area contributed by atoms with Crippen molar-refractivity contribution < 1.29 is 26.8 Å². The van der Waals surface area contributed by atoms with Gasteiger partial charge in [0.2, 0.25) is 0 Å². The summed E-state index contributed by atoms with van der Waals surface area (Å²) >= 11 is 0. The molecule has 0 bridgehead atoms. The Morgan fingerprint density at radius 2 is 1.41 bits per heavy atom. The van der Waals surface area contributed by atoms with Crippen molar-refractivity contribution >= 4 is 0 Å². The second-order valence-corrected chi connectivity index (χ2v) is 7.71. The number of hydrogen-bond acceptors (Lipinski definition) is 1. The molecule has 0 unspecified atom stereocenters. The van der Waals surface area contributed by atoms with E-state index in [0.29, 0.717) is 5.75 Å². The Bertz CT molecular complexity index is 495. The van der Waals surface area contributed by atoms with Gasteiger partial charge in [0.15, 0.2) is 0 Å². The predicted molar refractivity (Wildman–Crippen MR) is 91.8 cm³/mol. The van der Waals surface area contributed by atoms with Gasteiger partial charge in [-0.1, -0.05) is 59.2 Å². The molecular weight excluding hydrogens is 304 g/mol. The second kappa shape index (κ2) is 8.17. The molecular formula is C20H29OTi-. The first-order chi connectivity index (χ1) is 9.53. The van der Waals surface area contributed by atoms with Crippen molar-refractivity contribution in [2.45, 2.75) is 65.7 Å². The Kier molecular flexibility index (Phi) is 7.88. The number of hydrogen-bond donors (Lipinski definition) is 1. The van der Waals surface area contributed by atoms with Crippen LogP contribution >= 0.6 is 0 Å². The summed E-state index contributed by atoms with van der Waals surface area (Å²) < 4.78 is 0. The minimum Gasteiger partial charge on any atom is -0.507 e. The van der Waals surface area contributed by atoms with E-state index in [0.717, 1.165) is 17.5 Å². The third kappa shape index (κ3) is 6.14. The minimum absolute atomic E-state index is 0. The summed E-state index contributed by atoms with van der Waals surface area (Å²) in [5.41, 5.74) is 3.26. The quantitative estimate of drug-likeness (QED) is 0.484. The number of phenols is 1. The first-order valence-corrected chi connectivity index (χ1v) is 7.60. The summed E-state index contributed by atoms with van der Waals surface area (Å²) in [6.07, 6.45) is 10.0. The monoisotopic (exact) mass is 333 g/mol. The fourth-order valence-electron chi connectivity index (χ4n) is 2.26. The van der Waals surface area contributed by atoms with Crippen LogP contribution in [0.1, 0.15) is 64.7 Å². The molecule has 0 atom stereocenters. The molecule has 0 fully saturated rings. The third-order valence-corrected chi connectivity index (χ3v) is 3.46. The van der Waals surface area contributed by atoms with Crippen molar-refractivity contribution in [2.24, 2.45) is 0 Å². The molecule has 22 heavy (non-hydrogen) atoms. The van der Waals surface area contributed by atoms with Crippen LogP contribution in [0.4, 0.5) is 0 Å². The Morgan fingerprint density at radius 3 is 1.64 bits per heavy atom. The van der Waals surface area contributed by atoms with E-state index in [2.05, 4.69) is 72.8 Å². The van der Waals surface area contributed by atoms with Gasteiger partial charge in [0, 0.05) is 21.7 Å². The fourth-order valence-corrected chi connectivity index (χ4v) is 2.26. The van der Waals surface area contributed by atoms with Gasteiger partial charge in [-0.2, -0.15) is 6.08 Å². The molecule has 0 aliphatic heterocycles. The van der Waals surface area contributed by atoms with Gasteiger partial charge in [0.05, 0.1) is 0 Å². The van der Waals surface area contributed by atoms with Gasteiger partial charge in [-0.15, -0.1) is 6.42 Å². The molecule has 0 saturated carbocycles. The van der Waals surface area contributed by atoms with Crippen LogP contribution < -0.4 is 0 Å². The van der Waals surface area contributed by atoms with E-state index in [4.69, 9.17) is 0 Å². The van der Waals surface area contributed by atoms with Crippen LogP contribution in [0.25, 0.3) is 0 Å². The van der Waals surface area contributed by atoms with Crippen molar-refractivity contribution in [3.05, 3.63) is 53.1 Å². The first-order valence-electron chi connectivity index (χ1n) is 7.60. The molecule has 120 valence electrons. The normalized spacial score (nSPS) is 13.4. The van der Waals surface area contributed by atoms with E-state index < -0.39 is 0 Å². The van der Waals surface area contributed by atoms with Gasteiger partial charge in [0.25, 0.3) is 0 Å². The second-order valence-electron chi connectivity index (χ2n) is 7.71. The predicted octanol–water partition coefficient (Wildman–Crippen LogP) is 5.60. The molecule has 1 N–H and O–H groups in total. The van der Waals surface area contributed by atoms with Gasteiger partial charge in [-0.25, -0.2) is 12.2 Å². The van der Waals surface area contributed by atoms with Crippen LogP contribution in [-0.2, 0) is 32.5 Å². The summed E-state index contributed by atoms with van der Waals surface area (Å²) in [6, 6.07) is 4.18. The SMILES string of the molecule is Cc1cc(C(C)(C)C)c(O)c(C(C)(C)C)c1.[C-]1=CC=CC1.[Ti]. The van der Waals surface area contributed by atoms with Gasteiger partial charge >= 0.3 is 0 Å². The van der Waals surface area contributed by atoms with Crippen LogP contribution in [-0.4, -0.2) is 5.11 Å². The van der Waals surface area contributed by atoms with E-state index in [9.17, 15) is 5.11 Å². The van der Waals surface area contributed by atoms with Crippen molar-refractivity contribution in [1.82, 2.24) is 0 Å². The van der Waals surface area contributed by atoms with Gasteiger partial charge in [0.1, 0.15) is 5.75 Å². The van der Waals surface area contributed by atoms with Crippen LogP contribution in [0, 0.1) is 13.0 Å². The molecule has 0 aromatic heterocycles. The molecule has 1 nitrogen and oxygen atoms in total. The van der Waals surface area contributed by atoms with Crippen molar-refractivity contribution in [2.75, 3.05) is 0 Å². The maximum atomic E-state index is 10.4. The first kappa shape index (κ1) is 21.2.